The van der Waals surface area contributed by atoms with Crippen LogP contribution in [0.25, 0.3) is 0 Å². The van der Waals surface area contributed by atoms with Gasteiger partial charge < -0.3 is 10.2 Å². The van der Waals surface area contributed by atoms with Gasteiger partial charge in [0, 0.05) is 19.1 Å². The molecule has 0 saturated carbocycles. The molecule has 3 unspecified atom stereocenters. The Bertz CT molecular complexity index is 262. The van der Waals surface area contributed by atoms with E-state index in [9.17, 15) is 4.79 Å². The topological polar surface area (TPSA) is 32.3 Å². The molecule has 0 aromatic rings. The van der Waals surface area contributed by atoms with E-state index in [1.165, 1.54) is 25.9 Å². The van der Waals surface area contributed by atoms with E-state index in [1.807, 2.05) is 6.92 Å². The number of nitrogens with one attached hydrogen (secondary N) is 1. The molecular formula is C12H20N2O. The number of allylic oxidation sites excluding steroid dienone is 1. The maximum absolute atomic E-state index is 11.5. The molecule has 0 spiro atoms. The molecule has 2 fully saturated rings. The Labute approximate surface area is 91.5 Å². The Morgan fingerprint density at radius 3 is 3.07 bits per heavy atom. The molecule has 3 nitrogen and oxygen atoms in total. The fourth-order valence-corrected chi connectivity index (χ4v) is 2.75. The quantitative estimate of drug-likeness (QED) is 0.691. The lowest BCUT2D eigenvalue weighted by Gasteiger charge is -2.42. The average molecular weight is 208 g/mol. The third-order valence-electron chi connectivity index (χ3n) is 3.51. The van der Waals surface area contributed by atoms with E-state index in [0.717, 1.165) is 13.0 Å². The van der Waals surface area contributed by atoms with Crippen LogP contribution in [0.5, 0.6) is 0 Å². The summed E-state index contributed by atoms with van der Waals surface area (Å²) in [6.07, 6.45) is 7.10. The minimum atomic E-state index is 0.0709. The molecule has 2 bridgehead atoms. The number of fused-ring (bicyclic) bond motifs is 2. The normalized spacial score (nSPS) is 35.4. The molecule has 2 aliphatic rings. The summed E-state index contributed by atoms with van der Waals surface area (Å²) in [5.74, 6) is 0.753. The van der Waals surface area contributed by atoms with Crippen molar-refractivity contribution < 1.29 is 4.79 Å². The van der Waals surface area contributed by atoms with E-state index >= 15 is 0 Å². The number of carbonyl (C=O) groups is 1. The summed E-state index contributed by atoms with van der Waals surface area (Å²) in [7, 11) is 0. The van der Waals surface area contributed by atoms with Gasteiger partial charge in [0.15, 0.2) is 0 Å². The van der Waals surface area contributed by atoms with Crippen molar-refractivity contribution in [1.82, 2.24) is 10.2 Å². The first-order chi connectivity index (χ1) is 7.29. The highest BCUT2D eigenvalue weighted by molar-refractivity contribution is 5.87. The second kappa shape index (κ2) is 4.79. The summed E-state index contributed by atoms with van der Waals surface area (Å²) in [5.41, 5.74) is 0. The highest BCUT2D eigenvalue weighted by atomic mass is 16.1. The van der Waals surface area contributed by atoms with Crippen molar-refractivity contribution in [3.63, 3.8) is 0 Å². The fraction of sp³-hybridized carbons (Fsp3) is 0.750. The van der Waals surface area contributed by atoms with Crippen LogP contribution in [-0.2, 0) is 4.79 Å². The molecule has 15 heavy (non-hydrogen) atoms. The van der Waals surface area contributed by atoms with Crippen molar-refractivity contribution >= 4 is 5.91 Å². The van der Waals surface area contributed by atoms with Crippen LogP contribution in [0.15, 0.2) is 12.2 Å². The molecule has 0 aliphatic carbocycles. The van der Waals surface area contributed by atoms with Gasteiger partial charge in [0.05, 0.1) is 0 Å². The summed E-state index contributed by atoms with van der Waals surface area (Å²) in [6, 6.07) is 0.408. The van der Waals surface area contributed by atoms with E-state index in [0.29, 0.717) is 12.0 Å². The molecule has 2 aliphatic heterocycles. The molecule has 1 N–H and O–H groups in total. The molecule has 2 saturated heterocycles. The lowest BCUT2D eigenvalue weighted by molar-refractivity contribution is -0.118. The second-order valence-electron chi connectivity index (χ2n) is 4.61. The van der Waals surface area contributed by atoms with Gasteiger partial charge in [-0.1, -0.05) is 6.08 Å². The molecule has 1 amide bonds. The Kier molecular flexibility index (Phi) is 3.41. The van der Waals surface area contributed by atoms with E-state index in [-0.39, 0.29) is 5.91 Å². The Morgan fingerprint density at radius 1 is 1.40 bits per heavy atom. The number of hydrogen-bond donors (Lipinski definition) is 1. The largest absolute Gasteiger partial charge is 0.349 e. The van der Waals surface area contributed by atoms with E-state index in [1.54, 1.807) is 12.2 Å². The molecule has 0 radical (unpaired) electrons. The number of rotatable bonds is 2. The van der Waals surface area contributed by atoms with Gasteiger partial charge in [-0.2, -0.15) is 0 Å². The molecule has 2 rings (SSSR count). The maximum atomic E-state index is 11.5. The Hall–Kier alpha value is -0.830. The molecule has 0 aromatic carbocycles. The van der Waals surface area contributed by atoms with Crippen molar-refractivity contribution in [2.24, 2.45) is 5.92 Å². The van der Waals surface area contributed by atoms with E-state index in [2.05, 4.69) is 10.2 Å². The van der Waals surface area contributed by atoms with Crippen LogP contribution in [0.2, 0.25) is 0 Å². The van der Waals surface area contributed by atoms with Crippen LogP contribution in [-0.4, -0.2) is 36.5 Å². The standard InChI is InChI=1S/C12H20N2O/c1-2-4-12(15)13-11-6-8-14-7-3-5-10(11)9-14/h2,4,10-11H,3,5-9H2,1H3,(H,13,15)/b4-2+. The zero-order valence-electron chi connectivity index (χ0n) is 9.41. The van der Waals surface area contributed by atoms with Gasteiger partial charge in [0.2, 0.25) is 5.91 Å². The number of amides is 1. The maximum Gasteiger partial charge on any atom is 0.243 e. The molecule has 2 heterocycles. The van der Waals surface area contributed by atoms with Crippen LogP contribution >= 0.6 is 0 Å². The van der Waals surface area contributed by atoms with Crippen LogP contribution in [0.1, 0.15) is 26.2 Å². The number of hydrogen-bond acceptors (Lipinski definition) is 2. The smallest absolute Gasteiger partial charge is 0.243 e. The highest BCUT2D eigenvalue weighted by Gasteiger charge is 2.32. The molecule has 3 atom stereocenters. The monoisotopic (exact) mass is 208 g/mol. The van der Waals surface area contributed by atoms with Gasteiger partial charge in [-0.05, 0) is 44.7 Å². The first-order valence-corrected chi connectivity index (χ1v) is 5.95. The highest BCUT2D eigenvalue weighted by Crippen LogP contribution is 2.26. The number of nitrogens with zero attached hydrogens (tertiary/aromatic N) is 1. The summed E-state index contributed by atoms with van der Waals surface area (Å²) >= 11 is 0. The predicted molar refractivity (Wildman–Crippen MR) is 60.5 cm³/mol. The van der Waals surface area contributed by atoms with Crippen molar-refractivity contribution in [2.45, 2.75) is 32.2 Å². The van der Waals surface area contributed by atoms with Gasteiger partial charge in [-0.25, -0.2) is 0 Å². The van der Waals surface area contributed by atoms with Crippen LogP contribution in [0.3, 0.4) is 0 Å². The first-order valence-electron chi connectivity index (χ1n) is 5.95. The zero-order chi connectivity index (χ0) is 10.7. The van der Waals surface area contributed by atoms with Gasteiger partial charge in [-0.15, -0.1) is 0 Å². The summed E-state index contributed by atoms with van der Waals surface area (Å²) in [5, 5.41) is 3.12. The number of carbonyl (C=O) groups excluding carboxylic acids is 1. The molecule has 84 valence electrons. The van der Waals surface area contributed by atoms with Gasteiger partial charge in [-0.3, -0.25) is 4.79 Å². The zero-order valence-corrected chi connectivity index (χ0v) is 9.41. The summed E-state index contributed by atoms with van der Waals surface area (Å²) in [4.78, 5) is 14.0. The summed E-state index contributed by atoms with van der Waals surface area (Å²) < 4.78 is 0. The second-order valence-corrected chi connectivity index (χ2v) is 4.61. The number of piperidine rings is 2. The third-order valence-corrected chi connectivity index (χ3v) is 3.51. The molecule has 0 aromatic heterocycles. The van der Waals surface area contributed by atoms with Crippen molar-refractivity contribution in [1.29, 1.82) is 0 Å². The van der Waals surface area contributed by atoms with E-state index < -0.39 is 0 Å². The van der Waals surface area contributed by atoms with Crippen molar-refractivity contribution in [3.8, 4) is 0 Å². The van der Waals surface area contributed by atoms with Crippen LogP contribution < -0.4 is 5.32 Å². The lowest BCUT2D eigenvalue weighted by Crippen LogP contribution is -2.53. The molecular weight excluding hydrogens is 188 g/mol. The van der Waals surface area contributed by atoms with Crippen LogP contribution in [0.4, 0.5) is 0 Å². The van der Waals surface area contributed by atoms with Gasteiger partial charge in [0.1, 0.15) is 0 Å². The Morgan fingerprint density at radius 2 is 2.27 bits per heavy atom. The lowest BCUT2D eigenvalue weighted by atomic mass is 9.85. The summed E-state index contributed by atoms with van der Waals surface area (Å²) in [6.45, 7) is 5.47. The minimum Gasteiger partial charge on any atom is -0.349 e. The van der Waals surface area contributed by atoms with Gasteiger partial charge >= 0.3 is 0 Å². The average Bonchev–Trinajstić information content (AvgIpc) is 2.23. The van der Waals surface area contributed by atoms with Crippen LogP contribution in [0, 0.1) is 5.92 Å². The predicted octanol–water partition coefficient (Wildman–Crippen LogP) is 1.16. The van der Waals surface area contributed by atoms with Gasteiger partial charge in [0.25, 0.3) is 0 Å². The molecule has 3 heteroatoms. The SMILES string of the molecule is C/C=C/C(=O)NC1CCN2CCCC1C2. The van der Waals surface area contributed by atoms with Crippen molar-refractivity contribution in [2.75, 3.05) is 19.6 Å². The van der Waals surface area contributed by atoms with E-state index in [4.69, 9.17) is 0 Å². The Balaban J connectivity index is 1.89. The first kappa shape index (κ1) is 10.7. The van der Waals surface area contributed by atoms with Crippen molar-refractivity contribution in [3.05, 3.63) is 12.2 Å². The fourth-order valence-electron chi connectivity index (χ4n) is 2.75. The third kappa shape index (κ3) is 2.59. The minimum absolute atomic E-state index is 0.0709.